The molecule has 2 rings (SSSR count). The Balaban J connectivity index is 2.04. The highest BCUT2D eigenvalue weighted by Gasteiger charge is 2.27. The fraction of sp³-hybridized carbons (Fsp3) is 0.583. The Morgan fingerprint density at radius 2 is 2.41 bits per heavy atom. The average Bonchev–Trinajstić information content (AvgIpc) is 2.71. The minimum absolute atomic E-state index is 0.482. The van der Waals surface area contributed by atoms with Gasteiger partial charge in [-0.2, -0.15) is 11.8 Å². The van der Waals surface area contributed by atoms with Crippen LogP contribution in [0.3, 0.4) is 0 Å². The van der Waals surface area contributed by atoms with Crippen LogP contribution in [0, 0.1) is 0 Å². The fourth-order valence-electron chi connectivity index (χ4n) is 2.26. The molecule has 1 heterocycles. The van der Waals surface area contributed by atoms with Gasteiger partial charge in [0.25, 0.3) is 0 Å². The molecule has 0 saturated heterocycles. The van der Waals surface area contributed by atoms with E-state index in [-0.39, 0.29) is 0 Å². The summed E-state index contributed by atoms with van der Waals surface area (Å²) in [6, 6.07) is 2.23. The number of hydrogen-bond acceptors (Lipinski definition) is 4. The van der Waals surface area contributed by atoms with E-state index in [0.717, 1.165) is 11.6 Å². The van der Waals surface area contributed by atoms with Crippen molar-refractivity contribution in [3.8, 4) is 0 Å². The van der Waals surface area contributed by atoms with Crippen LogP contribution in [0.4, 0.5) is 11.5 Å². The predicted octanol–water partition coefficient (Wildman–Crippen LogP) is 3.40. The molecule has 3 nitrogen and oxygen atoms in total. The molecule has 0 radical (unpaired) electrons. The minimum atomic E-state index is 0.482. The molecule has 1 aliphatic carbocycles. The fourth-order valence-corrected chi connectivity index (χ4v) is 3.62. The normalized spacial score (nSPS) is 23.9. The van der Waals surface area contributed by atoms with Crippen molar-refractivity contribution in [3.63, 3.8) is 0 Å². The van der Waals surface area contributed by atoms with Gasteiger partial charge in [0.15, 0.2) is 0 Å². The lowest BCUT2D eigenvalue weighted by atomic mass is 10.2. The summed E-state index contributed by atoms with van der Waals surface area (Å²) in [4.78, 5) is 4.26. The molecular formula is C12H18ClN3S. The van der Waals surface area contributed by atoms with Crippen molar-refractivity contribution < 1.29 is 0 Å². The quantitative estimate of drug-likeness (QED) is 0.881. The molecule has 1 aromatic heterocycles. The molecule has 0 aliphatic heterocycles. The molecule has 1 fully saturated rings. The Bertz CT molecular complexity index is 386. The van der Waals surface area contributed by atoms with Crippen LogP contribution < -0.4 is 11.1 Å². The summed E-state index contributed by atoms with van der Waals surface area (Å²) in [5.41, 5.74) is 6.53. The summed E-state index contributed by atoms with van der Waals surface area (Å²) >= 11 is 7.86. The lowest BCUT2D eigenvalue weighted by Gasteiger charge is -2.21. The van der Waals surface area contributed by atoms with Crippen LogP contribution in [0.15, 0.2) is 12.3 Å². The topological polar surface area (TPSA) is 50.9 Å². The van der Waals surface area contributed by atoms with Gasteiger partial charge in [0.05, 0.1) is 10.7 Å². The number of thioether (sulfide) groups is 1. The van der Waals surface area contributed by atoms with Gasteiger partial charge in [-0.25, -0.2) is 4.98 Å². The number of rotatable bonds is 4. The van der Waals surface area contributed by atoms with E-state index in [2.05, 4.69) is 17.2 Å². The maximum Gasteiger partial charge on any atom is 0.149 e. The first-order valence-electron chi connectivity index (χ1n) is 6.00. The van der Waals surface area contributed by atoms with Crippen molar-refractivity contribution in [1.29, 1.82) is 0 Å². The largest absolute Gasteiger partial charge is 0.396 e. The van der Waals surface area contributed by atoms with Gasteiger partial charge in [-0.3, -0.25) is 0 Å². The number of pyridine rings is 1. The molecule has 0 amide bonds. The van der Waals surface area contributed by atoms with Crippen molar-refractivity contribution in [3.05, 3.63) is 17.3 Å². The van der Waals surface area contributed by atoms with E-state index in [4.69, 9.17) is 17.3 Å². The maximum atomic E-state index is 5.90. The third kappa shape index (κ3) is 3.19. The van der Waals surface area contributed by atoms with E-state index in [1.165, 1.54) is 19.3 Å². The number of nitrogens with zero attached hydrogens (tertiary/aromatic N) is 1. The standard InChI is InChI=1S/C12H18ClN3S/c1-2-17-11-5-3-4-10(11)16-12-9(14)6-8(13)7-15-12/h6-7,10-11H,2-5,14H2,1H3,(H,15,16). The van der Waals surface area contributed by atoms with E-state index in [0.29, 0.717) is 22.0 Å². The molecule has 2 atom stereocenters. The van der Waals surface area contributed by atoms with Crippen molar-refractivity contribution in [1.82, 2.24) is 4.98 Å². The Labute approximate surface area is 112 Å². The second-order valence-electron chi connectivity index (χ2n) is 4.27. The molecule has 0 aromatic carbocycles. The van der Waals surface area contributed by atoms with Gasteiger partial charge in [0.1, 0.15) is 5.82 Å². The van der Waals surface area contributed by atoms with Gasteiger partial charge >= 0.3 is 0 Å². The molecule has 1 saturated carbocycles. The third-order valence-corrected chi connectivity index (χ3v) is 4.57. The van der Waals surface area contributed by atoms with Crippen molar-refractivity contribution in [2.24, 2.45) is 0 Å². The molecule has 94 valence electrons. The average molecular weight is 272 g/mol. The van der Waals surface area contributed by atoms with Crippen LogP contribution >= 0.6 is 23.4 Å². The molecule has 17 heavy (non-hydrogen) atoms. The third-order valence-electron chi connectivity index (χ3n) is 3.04. The zero-order valence-electron chi connectivity index (χ0n) is 9.95. The molecule has 1 aliphatic rings. The Morgan fingerprint density at radius 3 is 3.12 bits per heavy atom. The SMILES string of the molecule is CCSC1CCCC1Nc1ncc(Cl)cc1N. The van der Waals surface area contributed by atoms with Gasteiger partial charge in [0, 0.05) is 17.5 Å². The molecular weight excluding hydrogens is 254 g/mol. The molecule has 0 bridgehead atoms. The van der Waals surface area contributed by atoms with E-state index >= 15 is 0 Å². The summed E-state index contributed by atoms with van der Waals surface area (Å²) < 4.78 is 0. The van der Waals surface area contributed by atoms with E-state index < -0.39 is 0 Å². The highest BCUT2D eigenvalue weighted by atomic mass is 35.5. The van der Waals surface area contributed by atoms with Gasteiger partial charge < -0.3 is 11.1 Å². The van der Waals surface area contributed by atoms with Crippen LogP contribution in [0.25, 0.3) is 0 Å². The minimum Gasteiger partial charge on any atom is -0.396 e. The second-order valence-corrected chi connectivity index (χ2v) is 6.22. The van der Waals surface area contributed by atoms with Crippen LogP contribution in [0.5, 0.6) is 0 Å². The lowest BCUT2D eigenvalue weighted by molar-refractivity contribution is 0.763. The van der Waals surface area contributed by atoms with Crippen molar-refractivity contribution in [2.45, 2.75) is 37.5 Å². The first kappa shape index (κ1) is 12.8. The summed E-state index contributed by atoms with van der Waals surface area (Å²) in [7, 11) is 0. The van der Waals surface area contributed by atoms with Gasteiger partial charge in [0.2, 0.25) is 0 Å². The summed E-state index contributed by atoms with van der Waals surface area (Å²) in [5.74, 6) is 1.93. The van der Waals surface area contributed by atoms with Gasteiger partial charge in [-0.15, -0.1) is 0 Å². The zero-order valence-corrected chi connectivity index (χ0v) is 11.5. The Kier molecular flexibility index (Phi) is 4.40. The second kappa shape index (κ2) is 5.83. The van der Waals surface area contributed by atoms with Gasteiger partial charge in [-0.1, -0.05) is 24.9 Å². The zero-order chi connectivity index (χ0) is 12.3. The van der Waals surface area contributed by atoms with Crippen molar-refractivity contribution >= 4 is 34.9 Å². The smallest absolute Gasteiger partial charge is 0.149 e. The Morgan fingerprint density at radius 1 is 1.59 bits per heavy atom. The van der Waals surface area contributed by atoms with Gasteiger partial charge in [-0.05, 0) is 24.7 Å². The van der Waals surface area contributed by atoms with Crippen LogP contribution in [0.2, 0.25) is 5.02 Å². The number of nitrogens with two attached hydrogens (primary N) is 1. The molecule has 2 unspecified atom stereocenters. The summed E-state index contributed by atoms with van der Waals surface area (Å²) in [5, 5.41) is 4.72. The number of nitrogen functional groups attached to an aromatic ring is 1. The van der Waals surface area contributed by atoms with Crippen molar-refractivity contribution in [2.75, 3.05) is 16.8 Å². The van der Waals surface area contributed by atoms with Crippen LogP contribution in [-0.4, -0.2) is 22.0 Å². The Hall–Kier alpha value is -0.610. The first-order valence-corrected chi connectivity index (χ1v) is 7.42. The van der Waals surface area contributed by atoms with E-state index in [1.54, 1.807) is 12.3 Å². The number of halogens is 1. The van der Waals surface area contributed by atoms with E-state index in [1.807, 2.05) is 11.8 Å². The highest BCUT2D eigenvalue weighted by Crippen LogP contribution is 2.33. The number of aromatic nitrogens is 1. The number of hydrogen-bond donors (Lipinski definition) is 2. The van der Waals surface area contributed by atoms with E-state index in [9.17, 15) is 0 Å². The summed E-state index contributed by atoms with van der Waals surface area (Å²) in [6.45, 7) is 2.20. The molecule has 0 spiro atoms. The summed E-state index contributed by atoms with van der Waals surface area (Å²) in [6.07, 6.45) is 5.39. The monoisotopic (exact) mass is 271 g/mol. The van der Waals surface area contributed by atoms with Crippen LogP contribution in [-0.2, 0) is 0 Å². The lowest BCUT2D eigenvalue weighted by Crippen LogP contribution is -2.27. The maximum absolute atomic E-state index is 5.90. The molecule has 3 N–H and O–H groups in total. The van der Waals surface area contributed by atoms with Crippen LogP contribution in [0.1, 0.15) is 26.2 Å². The molecule has 1 aromatic rings. The number of nitrogens with one attached hydrogen (secondary N) is 1. The highest BCUT2D eigenvalue weighted by molar-refractivity contribution is 7.99. The molecule has 5 heteroatoms. The predicted molar refractivity (Wildman–Crippen MR) is 76.8 cm³/mol. The first-order chi connectivity index (χ1) is 8.20. The number of anilines is 2.